The summed E-state index contributed by atoms with van der Waals surface area (Å²) in [5.74, 6) is 1.96. The van der Waals surface area contributed by atoms with Crippen LogP contribution < -0.4 is 81.4 Å². The van der Waals surface area contributed by atoms with Gasteiger partial charge in [0.05, 0.1) is 43.8 Å². The van der Waals surface area contributed by atoms with Crippen molar-refractivity contribution in [1.29, 1.82) is 0 Å². The molecule has 0 aliphatic carbocycles. The number of urea groups is 2. The molecule has 0 bridgehead atoms. The minimum atomic E-state index is -0.587. The number of hydrogen-bond donors (Lipinski definition) is 15. The monoisotopic (exact) mass is 1900 g/mol. The molecule has 32 nitrogen and oxygen atoms in total. The molecule has 133 heavy (non-hydrogen) atoms. The van der Waals surface area contributed by atoms with E-state index >= 15 is 0 Å². The van der Waals surface area contributed by atoms with Crippen LogP contribution in [0.15, 0.2) is 0 Å². The van der Waals surface area contributed by atoms with Crippen LogP contribution in [0.2, 0.25) is 0 Å². The van der Waals surface area contributed by atoms with Crippen molar-refractivity contribution in [2.24, 2.45) is 116 Å². The van der Waals surface area contributed by atoms with Gasteiger partial charge in [0.25, 0.3) is 0 Å². The maximum absolute atomic E-state index is 12.6. The van der Waals surface area contributed by atoms with Crippen molar-refractivity contribution >= 4 is 94.2 Å². The molecule has 0 saturated heterocycles. The van der Waals surface area contributed by atoms with E-state index in [0.29, 0.717) is 95.8 Å². The number of nitrogens with two attached hydrogens (primary N) is 4. The zero-order valence-electron chi connectivity index (χ0n) is 91.8. The number of ether oxygens (including phenoxy) is 1. The number of alkyl carbamates (subject to hydrolysis) is 1. The van der Waals surface area contributed by atoms with Gasteiger partial charge in [-0.2, -0.15) is 0 Å². The summed E-state index contributed by atoms with van der Waals surface area (Å²) in [6, 6.07) is -3.27. The summed E-state index contributed by atoms with van der Waals surface area (Å²) in [7, 11) is 0. The van der Waals surface area contributed by atoms with Crippen molar-refractivity contribution in [2.45, 2.75) is 403 Å². The van der Waals surface area contributed by atoms with Crippen LogP contribution in [0.1, 0.15) is 368 Å². The van der Waals surface area contributed by atoms with Gasteiger partial charge in [0, 0.05) is 117 Å². The molecule has 0 saturated carbocycles. The molecule has 8 atom stereocenters. The van der Waals surface area contributed by atoms with E-state index in [2.05, 4.69) is 155 Å². The highest BCUT2D eigenvalue weighted by Crippen LogP contribution is 2.29. The summed E-state index contributed by atoms with van der Waals surface area (Å²) >= 11 is 0. The molecule has 0 rings (SSSR count). The largest absolute Gasteiger partial charge is 0.444 e. The van der Waals surface area contributed by atoms with Gasteiger partial charge in [-0.3, -0.25) is 62.3 Å². The molecule has 0 aliphatic heterocycles. The molecule has 0 fully saturated rings. The average Bonchev–Trinajstić information content (AvgIpc) is 0.865. The van der Waals surface area contributed by atoms with Crippen LogP contribution >= 0.6 is 0 Å². The molecule has 8 unspecified atom stereocenters. The maximum Gasteiger partial charge on any atom is 0.407 e. The molecule has 0 aromatic heterocycles. The van der Waals surface area contributed by atoms with Crippen molar-refractivity contribution in [3.63, 3.8) is 0 Å². The van der Waals surface area contributed by atoms with Gasteiger partial charge in [-0.15, -0.1) is 0 Å². The number of rotatable bonds is 45. The predicted octanol–water partition coefficient (Wildman–Crippen LogP) is 14.5. The van der Waals surface area contributed by atoms with Crippen LogP contribution in [0.5, 0.6) is 0 Å². The van der Waals surface area contributed by atoms with Crippen LogP contribution in [0.3, 0.4) is 0 Å². The minimum Gasteiger partial charge on any atom is -0.444 e. The Labute approximate surface area is 807 Å². The van der Waals surface area contributed by atoms with Crippen LogP contribution in [0, 0.1) is 92.7 Å². The zero-order valence-corrected chi connectivity index (χ0v) is 91.8. The van der Waals surface area contributed by atoms with Gasteiger partial charge in [-0.1, -0.05) is 235 Å². The Bertz CT molecular complexity index is 3110. The number of ketones is 6. The first kappa shape index (κ1) is 143. The fourth-order valence-electron chi connectivity index (χ4n) is 10.8. The summed E-state index contributed by atoms with van der Waals surface area (Å²) < 4.78 is 5.05. The maximum atomic E-state index is 12.6. The van der Waals surface area contributed by atoms with Gasteiger partial charge < -0.3 is 86.2 Å². The van der Waals surface area contributed by atoms with E-state index in [-0.39, 0.29) is 151 Å². The molecular formula is C101H203N15O17. The summed E-state index contributed by atoms with van der Waals surface area (Å²) in [6.45, 7) is 83.7. The third-order valence-corrected chi connectivity index (χ3v) is 17.7. The molecule has 0 aliphatic rings. The van der Waals surface area contributed by atoms with Crippen LogP contribution in [-0.2, 0) is 67.1 Å². The van der Waals surface area contributed by atoms with Crippen LogP contribution in [-0.4, -0.2) is 188 Å². The second-order valence-electron chi connectivity index (χ2n) is 44.9. The lowest BCUT2D eigenvalue weighted by atomic mass is 9.78. The van der Waals surface area contributed by atoms with Crippen molar-refractivity contribution in [2.75, 3.05) is 58.9 Å². The van der Waals surface area contributed by atoms with E-state index in [1.165, 1.54) is 13.8 Å². The molecule has 12 amide bonds. The van der Waals surface area contributed by atoms with Crippen molar-refractivity contribution in [3.8, 4) is 0 Å². The second-order valence-corrected chi connectivity index (χ2v) is 44.9. The molecule has 19 N–H and O–H groups in total. The Morgan fingerprint density at radius 3 is 0.925 bits per heavy atom. The van der Waals surface area contributed by atoms with E-state index in [1.54, 1.807) is 20.8 Å². The average molecular weight is 1900 g/mol. The Hall–Kier alpha value is -8.00. The molecule has 0 aromatic rings. The Kier molecular flexibility index (Phi) is 81.7. The molecule has 0 radical (unpaired) electrons. The molecule has 0 aromatic carbocycles. The van der Waals surface area contributed by atoms with Crippen LogP contribution in [0.4, 0.5) is 14.4 Å². The molecule has 784 valence electrons. The van der Waals surface area contributed by atoms with Crippen molar-refractivity contribution in [3.05, 3.63) is 0 Å². The van der Waals surface area contributed by atoms with Gasteiger partial charge in [-0.25, -0.2) is 14.4 Å². The number of carbonyl (C=O) groups excluding carboxylic acids is 16. The molecule has 32 heteroatoms. The SMILES string of the molecule is CC(=O)NCCCC(CC(=O)C(N)C(C)C)C(=O)C(C)(C)C.CC(=O)NCCCC(CC(=O)C(N)CC(C)C)C(=O)C(C)(C)C.CC(C)(C)NCC(=O)NCC(=O)NCC(=O)NCCNC(=O)OC(C)(C)C.CC(C)C.CC(C)C.CC(C)C.CC(C)C.CC(C)C(C)C(=O)NC(CCCNC(N)=O)C(=O)C(C)(C)C.CC(C)CC(C)C(=O)NC(CCCNC(N)=O)C(=O)C(C)(C)C. The first-order valence-corrected chi connectivity index (χ1v) is 48.5. The lowest BCUT2D eigenvalue weighted by Gasteiger charge is -2.27. The fourth-order valence-corrected chi connectivity index (χ4v) is 10.8. The number of nitrogens with one attached hydrogen (secondary N) is 11. The van der Waals surface area contributed by atoms with Gasteiger partial charge in [0.2, 0.25) is 41.4 Å². The Balaban J connectivity index is -0.000000198. The second kappa shape index (κ2) is 76.1. The van der Waals surface area contributed by atoms with Gasteiger partial charge >= 0.3 is 18.2 Å². The van der Waals surface area contributed by atoms with E-state index in [1.807, 2.05) is 159 Å². The number of primary amides is 2. The van der Waals surface area contributed by atoms with Gasteiger partial charge in [0.15, 0.2) is 17.3 Å². The Morgan fingerprint density at radius 2 is 0.632 bits per heavy atom. The molecule has 0 heterocycles. The Morgan fingerprint density at radius 1 is 0.331 bits per heavy atom. The fraction of sp³-hybridized carbons (Fsp3) is 0.842. The molecule has 0 spiro atoms. The van der Waals surface area contributed by atoms with E-state index in [4.69, 9.17) is 27.7 Å². The number of Topliss-reactive ketones (excluding diaryl/α,β-unsaturated/α-hetero) is 6. The third kappa shape index (κ3) is 99.8. The predicted molar refractivity (Wildman–Crippen MR) is 543 cm³/mol. The number of carbonyl (C=O) groups is 16. The van der Waals surface area contributed by atoms with E-state index < -0.39 is 81.4 Å². The van der Waals surface area contributed by atoms with E-state index in [0.717, 1.165) is 30.1 Å². The smallest absolute Gasteiger partial charge is 0.407 e. The summed E-state index contributed by atoms with van der Waals surface area (Å²) in [6.07, 6.45) is 5.90. The summed E-state index contributed by atoms with van der Waals surface area (Å²) in [5.41, 5.74) is 19.1. The lowest BCUT2D eigenvalue weighted by molar-refractivity contribution is -0.134. The van der Waals surface area contributed by atoms with Crippen LogP contribution in [0.25, 0.3) is 0 Å². The number of amides is 12. The first-order valence-electron chi connectivity index (χ1n) is 48.5. The third-order valence-electron chi connectivity index (χ3n) is 17.7. The normalized spacial score (nSPS) is 13.1. The highest BCUT2D eigenvalue weighted by atomic mass is 16.6. The van der Waals surface area contributed by atoms with Crippen molar-refractivity contribution in [1.82, 2.24) is 58.5 Å². The number of hydrogen-bond acceptors (Lipinski definition) is 20. The quantitative estimate of drug-likeness (QED) is 0.0252. The molecular weight excluding hydrogens is 1700 g/mol. The van der Waals surface area contributed by atoms with E-state index in [9.17, 15) is 76.7 Å². The highest BCUT2D eigenvalue weighted by molar-refractivity contribution is 5.95. The van der Waals surface area contributed by atoms with Gasteiger partial charge in [0.1, 0.15) is 23.0 Å². The highest BCUT2D eigenvalue weighted by Gasteiger charge is 2.37. The topological polar surface area (TPSA) is 519 Å². The van der Waals surface area contributed by atoms with Gasteiger partial charge in [-0.05, 0) is 153 Å². The minimum absolute atomic E-state index is 0.00155. The first-order chi connectivity index (χ1) is 60.0. The summed E-state index contributed by atoms with van der Waals surface area (Å²) in [5, 5.41) is 29.0. The lowest BCUT2D eigenvalue weighted by Crippen LogP contribution is -2.48. The summed E-state index contributed by atoms with van der Waals surface area (Å²) in [4.78, 5) is 189. The zero-order chi connectivity index (χ0) is 107. The standard InChI is InChI=1S/C18H34N2O3.C17H33N5O5.C17H33N3O3.C17H32N2O3.C16H31N3O3.4C4H10/c1-12(2)10-15(19)16(22)11-14(17(23)18(4,5)6)8-7-9-20-13(3)21;1-16(2,3)22-11-14(25)21-10-13(24)20-9-12(23)18-7-8-19-15(26)27-17(4,5)6;1-11(2)10-12(3)15(22)20-13(14(21)17(4,5)6)8-7-9-19-16(18)23;1-11(2)15(18)14(21)10-13(16(22)17(4,5)6)8-7-9-19-12(3)20;1-10(2)11(3)14(21)19-12(13(20)16(4,5)6)8-7-9-18-15(17)22;4*1-4(2)3/h12,14-15H,7-11,19H2,1-6H3,(H,20,21);22H,7-11H2,1-6H3,(H,18,23)(H,19,26)(H,20,24)(H,21,25);11-13H,7-10H2,1-6H3,(H,20,22)(H3,18,19,23);11,13,15H,7-10,18H2,1-6H3,(H,19,20);10-12H,7-9H2,1-6H3,(H,19,21)(H3,17,18,22);4*4H,1-3H3. The van der Waals surface area contributed by atoms with Crippen molar-refractivity contribution < 1.29 is 81.4 Å².